The van der Waals surface area contributed by atoms with Gasteiger partial charge in [0.05, 0.1) is 25.9 Å². The molecule has 0 radical (unpaired) electrons. The molecule has 1 fully saturated rings. The van der Waals surface area contributed by atoms with Gasteiger partial charge in [-0.25, -0.2) is 0 Å². The first kappa shape index (κ1) is 17.8. The Morgan fingerprint density at radius 1 is 1.39 bits per heavy atom. The van der Waals surface area contributed by atoms with Crippen LogP contribution in [0, 0.1) is 0 Å². The number of nitrogens with one attached hydrogen (secondary N) is 1. The van der Waals surface area contributed by atoms with E-state index >= 15 is 0 Å². The third kappa shape index (κ3) is 6.59. The van der Waals surface area contributed by atoms with Crippen LogP contribution in [0.4, 0.5) is 0 Å². The summed E-state index contributed by atoms with van der Waals surface area (Å²) in [4.78, 5) is 6.78. The highest BCUT2D eigenvalue weighted by Gasteiger charge is 2.15. The highest BCUT2D eigenvalue weighted by atomic mass is 16.5. The van der Waals surface area contributed by atoms with Gasteiger partial charge in [0.15, 0.2) is 5.96 Å². The normalized spacial score (nSPS) is 18.2. The average Bonchev–Trinajstić information content (AvgIpc) is 3.08. The van der Waals surface area contributed by atoms with Crippen LogP contribution in [0.25, 0.3) is 0 Å². The fourth-order valence-electron chi connectivity index (χ4n) is 2.61. The van der Waals surface area contributed by atoms with E-state index in [4.69, 9.17) is 9.47 Å². The van der Waals surface area contributed by atoms with Crippen molar-refractivity contribution in [2.45, 2.75) is 32.4 Å². The predicted molar refractivity (Wildman–Crippen MR) is 93.7 cm³/mol. The van der Waals surface area contributed by atoms with Gasteiger partial charge >= 0.3 is 0 Å². The molecular formula is C18H29N3O2. The lowest BCUT2D eigenvalue weighted by Crippen LogP contribution is -2.38. The Hall–Kier alpha value is -1.59. The van der Waals surface area contributed by atoms with Crippen LogP contribution in [-0.2, 0) is 16.0 Å². The Kier molecular flexibility index (Phi) is 7.90. The Morgan fingerprint density at radius 3 is 2.91 bits per heavy atom. The van der Waals surface area contributed by atoms with Gasteiger partial charge in [0, 0.05) is 26.7 Å². The maximum absolute atomic E-state index is 5.67. The van der Waals surface area contributed by atoms with E-state index in [9.17, 15) is 0 Å². The maximum atomic E-state index is 5.67. The molecule has 0 spiro atoms. The summed E-state index contributed by atoms with van der Waals surface area (Å²) in [6, 6.07) is 10.4. The van der Waals surface area contributed by atoms with Crippen LogP contribution in [0.15, 0.2) is 35.3 Å². The van der Waals surface area contributed by atoms with Crippen molar-refractivity contribution in [3.8, 4) is 0 Å². The summed E-state index contributed by atoms with van der Waals surface area (Å²) in [6.45, 7) is 6.63. The lowest BCUT2D eigenvalue weighted by atomic mass is 10.2. The van der Waals surface area contributed by atoms with Gasteiger partial charge in [-0.05, 0) is 25.3 Å². The summed E-state index contributed by atoms with van der Waals surface area (Å²) < 4.78 is 11.2. The van der Waals surface area contributed by atoms with E-state index in [-0.39, 0.29) is 6.10 Å². The van der Waals surface area contributed by atoms with E-state index in [1.807, 2.05) is 6.07 Å². The first-order valence-corrected chi connectivity index (χ1v) is 8.52. The number of nitrogens with zero attached hydrogens (tertiary/aromatic N) is 2. The summed E-state index contributed by atoms with van der Waals surface area (Å²) in [7, 11) is 2.06. The highest BCUT2D eigenvalue weighted by Crippen LogP contribution is 2.11. The summed E-state index contributed by atoms with van der Waals surface area (Å²) in [5.41, 5.74) is 1.27. The largest absolute Gasteiger partial charge is 0.377 e. The number of benzene rings is 1. The standard InChI is InChI=1S/C18H29N3O2/c1-3-19-18(21(2)14-16-8-5-4-6-9-16)20-11-13-22-15-17-10-7-12-23-17/h4-6,8-9,17H,3,7,10-15H2,1-2H3,(H,19,20). The third-order valence-corrected chi connectivity index (χ3v) is 3.78. The molecule has 1 N–H and O–H groups in total. The van der Waals surface area contributed by atoms with Gasteiger partial charge < -0.3 is 19.7 Å². The van der Waals surface area contributed by atoms with Gasteiger partial charge in [0.1, 0.15) is 0 Å². The highest BCUT2D eigenvalue weighted by molar-refractivity contribution is 5.79. The molecule has 0 aromatic heterocycles. The van der Waals surface area contributed by atoms with Crippen molar-refractivity contribution in [2.75, 3.05) is 40.0 Å². The van der Waals surface area contributed by atoms with Gasteiger partial charge in [0.2, 0.25) is 0 Å². The summed E-state index contributed by atoms with van der Waals surface area (Å²) in [6.07, 6.45) is 2.56. The van der Waals surface area contributed by atoms with E-state index in [0.717, 1.165) is 38.5 Å². The fraction of sp³-hybridized carbons (Fsp3) is 0.611. The van der Waals surface area contributed by atoms with E-state index in [2.05, 4.69) is 53.4 Å². The van der Waals surface area contributed by atoms with Crippen molar-refractivity contribution in [2.24, 2.45) is 4.99 Å². The zero-order chi connectivity index (χ0) is 16.3. The second kappa shape index (κ2) is 10.2. The van der Waals surface area contributed by atoms with Crippen molar-refractivity contribution >= 4 is 5.96 Å². The quantitative estimate of drug-likeness (QED) is 0.454. The Bertz CT molecular complexity index is 459. The summed E-state index contributed by atoms with van der Waals surface area (Å²) >= 11 is 0. The third-order valence-electron chi connectivity index (χ3n) is 3.78. The molecule has 1 heterocycles. The molecule has 1 atom stereocenters. The van der Waals surface area contributed by atoms with Gasteiger partial charge in [-0.15, -0.1) is 0 Å². The molecule has 5 nitrogen and oxygen atoms in total. The van der Waals surface area contributed by atoms with Crippen LogP contribution in [0.5, 0.6) is 0 Å². The number of ether oxygens (including phenoxy) is 2. The molecule has 1 saturated heterocycles. The summed E-state index contributed by atoms with van der Waals surface area (Å²) in [5.74, 6) is 0.914. The number of guanidine groups is 1. The topological polar surface area (TPSA) is 46.1 Å². The number of rotatable bonds is 8. The summed E-state index contributed by atoms with van der Waals surface area (Å²) in [5, 5.41) is 3.33. The minimum atomic E-state index is 0.285. The number of hydrogen-bond donors (Lipinski definition) is 1. The second-order valence-corrected chi connectivity index (χ2v) is 5.79. The van der Waals surface area contributed by atoms with E-state index < -0.39 is 0 Å². The van der Waals surface area contributed by atoms with Crippen LogP contribution in [0.1, 0.15) is 25.3 Å². The smallest absolute Gasteiger partial charge is 0.194 e. The lowest BCUT2D eigenvalue weighted by molar-refractivity contribution is 0.0199. The van der Waals surface area contributed by atoms with E-state index in [1.54, 1.807) is 0 Å². The van der Waals surface area contributed by atoms with Gasteiger partial charge in [-0.2, -0.15) is 0 Å². The minimum absolute atomic E-state index is 0.285. The van der Waals surface area contributed by atoms with Crippen molar-refractivity contribution in [3.63, 3.8) is 0 Å². The molecule has 1 aromatic carbocycles. The van der Waals surface area contributed by atoms with Gasteiger partial charge in [-0.3, -0.25) is 4.99 Å². The van der Waals surface area contributed by atoms with E-state index in [1.165, 1.54) is 5.56 Å². The van der Waals surface area contributed by atoms with Crippen molar-refractivity contribution in [1.82, 2.24) is 10.2 Å². The molecule has 0 aliphatic carbocycles. The molecule has 0 amide bonds. The minimum Gasteiger partial charge on any atom is -0.377 e. The first-order valence-electron chi connectivity index (χ1n) is 8.52. The molecule has 1 aliphatic rings. The van der Waals surface area contributed by atoms with Crippen molar-refractivity contribution in [1.29, 1.82) is 0 Å². The van der Waals surface area contributed by atoms with Crippen LogP contribution in [-0.4, -0.2) is 56.9 Å². The average molecular weight is 319 g/mol. The molecule has 0 saturated carbocycles. The van der Waals surface area contributed by atoms with Crippen molar-refractivity contribution in [3.05, 3.63) is 35.9 Å². The lowest BCUT2D eigenvalue weighted by Gasteiger charge is -2.22. The molecule has 128 valence electrons. The van der Waals surface area contributed by atoms with Gasteiger partial charge in [-0.1, -0.05) is 30.3 Å². The monoisotopic (exact) mass is 319 g/mol. The molecule has 1 aliphatic heterocycles. The molecule has 23 heavy (non-hydrogen) atoms. The zero-order valence-electron chi connectivity index (χ0n) is 14.3. The molecule has 0 bridgehead atoms. The van der Waals surface area contributed by atoms with Crippen LogP contribution >= 0.6 is 0 Å². The Balaban J connectivity index is 1.74. The zero-order valence-corrected chi connectivity index (χ0v) is 14.3. The number of aliphatic imine (C=N–C) groups is 1. The molecular weight excluding hydrogens is 290 g/mol. The van der Waals surface area contributed by atoms with Crippen LogP contribution in [0.3, 0.4) is 0 Å². The maximum Gasteiger partial charge on any atom is 0.194 e. The second-order valence-electron chi connectivity index (χ2n) is 5.79. The van der Waals surface area contributed by atoms with Gasteiger partial charge in [0.25, 0.3) is 0 Å². The predicted octanol–water partition coefficient (Wildman–Crippen LogP) is 2.28. The Morgan fingerprint density at radius 2 is 2.22 bits per heavy atom. The molecule has 1 aromatic rings. The molecule has 1 unspecified atom stereocenters. The van der Waals surface area contributed by atoms with Crippen molar-refractivity contribution < 1.29 is 9.47 Å². The Labute approximate surface area is 139 Å². The van der Waals surface area contributed by atoms with Crippen LogP contribution in [0.2, 0.25) is 0 Å². The van der Waals surface area contributed by atoms with Crippen LogP contribution < -0.4 is 5.32 Å². The van der Waals surface area contributed by atoms with E-state index in [0.29, 0.717) is 19.8 Å². The SMILES string of the molecule is CCNC(=NCCOCC1CCCO1)N(C)Cc1ccccc1. The first-order chi connectivity index (χ1) is 11.3. The fourth-order valence-corrected chi connectivity index (χ4v) is 2.61. The molecule has 2 rings (SSSR count). The molecule has 5 heteroatoms. The number of hydrogen-bond acceptors (Lipinski definition) is 3.